The van der Waals surface area contributed by atoms with Crippen LogP contribution in [-0.2, 0) is 0 Å². The Morgan fingerprint density at radius 2 is 2.11 bits per heavy atom. The van der Waals surface area contributed by atoms with E-state index in [0.717, 1.165) is 37.1 Å². The van der Waals surface area contributed by atoms with Gasteiger partial charge in [-0.25, -0.2) is 0 Å². The number of piperidine rings is 1. The topological polar surface area (TPSA) is 32.3 Å². The van der Waals surface area contributed by atoms with Crippen LogP contribution in [0.3, 0.4) is 0 Å². The van der Waals surface area contributed by atoms with Gasteiger partial charge >= 0.3 is 0 Å². The second-order valence-corrected chi connectivity index (χ2v) is 6.50. The summed E-state index contributed by atoms with van der Waals surface area (Å²) in [5, 5.41) is 5.17. The highest BCUT2D eigenvalue weighted by molar-refractivity contribution is 7.10. The summed E-state index contributed by atoms with van der Waals surface area (Å²) < 4.78 is 0. The van der Waals surface area contributed by atoms with Gasteiger partial charge in [-0.15, -0.1) is 11.3 Å². The average Bonchev–Trinajstić information content (AvgIpc) is 2.73. The van der Waals surface area contributed by atoms with Crippen molar-refractivity contribution in [3.8, 4) is 0 Å². The number of thiophene rings is 1. The minimum Gasteiger partial charge on any atom is -0.349 e. The quantitative estimate of drug-likeness (QED) is 0.919. The molecule has 1 aliphatic heterocycles. The molecule has 0 radical (unpaired) electrons. The Hall–Kier alpha value is -0.870. The fraction of sp³-hybridized carbons (Fsp3) is 0.667. The van der Waals surface area contributed by atoms with E-state index in [1.54, 1.807) is 11.3 Å². The summed E-state index contributed by atoms with van der Waals surface area (Å²) in [5.41, 5.74) is 1.99. The van der Waals surface area contributed by atoms with Gasteiger partial charge in [0.2, 0.25) is 0 Å². The molecule has 4 heteroatoms. The Bertz CT molecular complexity index is 433. The van der Waals surface area contributed by atoms with Crippen LogP contribution in [0.25, 0.3) is 0 Å². The number of hydrogen-bond acceptors (Lipinski definition) is 3. The number of aryl methyl sites for hydroxylation is 1. The van der Waals surface area contributed by atoms with Gasteiger partial charge in [0.1, 0.15) is 0 Å². The molecule has 1 aliphatic rings. The minimum atomic E-state index is 0.107. The average molecular weight is 280 g/mol. The van der Waals surface area contributed by atoms with Crippen LogP contribution >= 0.6 is 11.3 Å². The van der Waals surface area contributed by atoms with Crippen molar-refractivity contribution in [2.24, 2.45) is 0 Å². The monoisotopic (exact) mass is 280 g/mol. The smallest absolute Gasteiger partial charge is 0.252 e. The second kappa shape index (κ2) is 6.53. The van der Waals surface area contributed by atoms with Crippen molar-refractivity contribution in [2.75, 3.05) is 19.6 Å². The zero-order valence-electron chi connectivity index (χ0n) is 12.2. The second-order valence-electron chi connectivity index (χ2n) is 5.42. The molecule has 0 bridgehead atoms. The Kier molecular flexibility index (Phi) is 4.99. The lowest BCUT2D eigenvalue weighted by molar-refractivity contribution is 0.0911. The molecule has 0 unspecified atom stereocenters. The van der Waals surface area contributed by atoms with Gasteiger partial charge < -0.3 is 10.2 Å². The van der Waals surface area contributed by atoms with Gasteiger partial charge in [-0.3, -0.25) is 4.79 Å². The first-order chi connectivity index (χ1) is 9.11. The summed E-state index contributed by atoms with van der Waals surface area (Å²) in [6.07, 6.45) is 3.37. The zero-order valence-corrected chi connectivity index (χ0v) is 13.0. The molecule has 3 nitrogen and oxygen atoms in total. The largest absolute Gasteiger partial charge is 0.349 e. The summed E-state index contributed by atoms with van der Waals surface area (Å²) in [6, 6.07) is 0.347. The Balaban J connectivity index is 1.86. The maximum absolute atomic E-state index is 12.2. The van der Waals surface area contributed by atoms with E-state index in [1.807, 2.05) is 12.3 Å². The molecule has 1 aromatic rings. The minimum absolute atomic E-state index is 0.107. The molecule has 1 aromatic heterocycles. The maximum atomic E-state index is 12.2. The van der Waals surface area contributed by atoms with Crippen molar-refractivity contribution >= 4 is 17.2 Å². The fourth-order valence-corrected chi connectivity index (χ4v) is 3.48. The van der Waals surface area contributed by atoms with Crippen molar-refractivity contribution in [3.05, 3.63) is 21.4 Å². The van der Waals surface area contributed by atoms with Crippen LogP contribution in [-0.4, -0.2) is 36.5 Å². The van der Waals surface area contributed by atoms with E-state index >= 15 is 0 Å². The molecule has 106 valence electrons. The molecule has 0 spiro atoms. The summed E-state index contributed by atoms with van der Waals surface area (Å²) >= 11 is 1.66. The molecule has 1 saturated heterocycles. The summed E-state index contributed by atoms with van der Waals surface area (Å²) in [7, 11) is 0. The van der Waals surface area contributed by atoms with Crippen LogP contribution < -0.4 is 5.32 Å². The van der Waals surface area contributed by atoms with E-state index in [4.69, 9.17) is 0 Å². The van der Waals surface area contributed by atoms with Crippen LogP contribution in [0.4, 0.5) is 0 Å². The molecule has 1 N–H and O–H groups in total. The first-order valence-corrected chi connectivity index (χ1v) is 8.07. The van der Waals surface area contributed by atoms with Crippen molar-refractivity contribution in [2.45, 2.75) is 46.1 Å². The van der Waals surface area contributed by atoms with Gasteiger partial charge in [0.05, 0.1) is 5.56 Å². The van der Waals surface area contributed by atoms with Gasteiger partial charge in [0.25, 0.3) is 5.91 Å². The lowest BCUT2D eigenvalue weighted by atomic mass is 10.0. The van der Waals surface area contributed by atoms with E-state index in [9.17, 15) is 4.79 Å². The van der Waals surface area contributed by atoms with Crippen molar-refractivity contribution in [1.82, 2.24) is 10.2 Å². The summed E-state index contributed by atoms with van der Waals surface area (Å²) in [5.74, 6) is 0.107. The standard InChI is InChI=1S/C15H24N2OS/c1-4-7-17-8-5-13(6-9-17)16-15(18)14-10-19-12(3)11(14)2/h10,13H,4-9H2,1-3H3,(H,16,18). The normalized spacial score (nSPS) is 17.6. The van der Waals surface area contributed by atoms with Crippen LogP contribution in [0.5, 0.6) is 0 Å². The van der Waals surface area contributed by atoms with Gasteiger partial charge in [-0.05, 0) is 45.2 Å². The number of rotatable bonds is 4. The Morgan fingerprint density at radius 1 is 1.42 bits per heavy atom. The van der Waals surface area contributed by atoms with Crippen LogP contribution in [0, 0.1) is 13.8 Å². The number of likely N-dealkylation sites (tertiary alicyclic amines) is 1. The highest BCUT2D eigenvalue weighted by Gasteiger charge is 2.21. The lowest BCUT2D eigenvalue weighted by Gasteiger charge is -2.32. The van der Waals surface area contributed by atoms with Crippen molar-refractivity contribution in [3.63, 3.8) is 0 Å². The molecule has 1 fully saturated rings. The van der Waals surface area contributed by atoms with E-state index < -0.39 is 0 Å². The van der Waals surface area contributed by atoms with Crippen LogP contribution in [0.2, 0.25) is 0 Å². The van der Waals surface area contributed by atoms with Crippen molar-refractivity contribution < 1.29 is 4.79 Å². The summed E-state index contributed by atoms with van der Waals surface area (Å²) in [4.78, 5) is 16.0. The molecule has 2 rings (SSSR count). The third kappa shape index (κ3) is 3.57. The van der Waals surface area contributed by atoms with E-state index in [0.29, 0.717) is 6.04 Å². The predicted octanol–water partition coefficient (Wildman–Crippen LogP) is 2.97. The SMILES string of the molecule is CCCN1CCC(NC(=O)c2csc(C)c2C)CC1. The molecule has 0 aliphatic carbocycles. The molecule has 19 heavy (non-hydrogen) atoms. The van der Waals surface area contributed by atoms with Gasteiger partial charge in [-0.1, -0.05) is 6.92 Å². The highest BCUT2D eigenvalue weighted by atomic mass is 32.1. The molecule has 2 heterocycles. The highest BCUT2D eigenvalue weighted by Crippen LogP contribution is 2.21. The van der Waals surface area contributed by atoms with Crippen molar-refractivity contribution in [1.29, 1.82) is 0 Å². The predicted molar refractivity (Wildman–Crippen MR) is 81.0 cm³/mol. The number of nitrogens with one attached hydrogen (secondary N) is 1. The number of amides is 1. The first-order valence-electron chi connectivity index (χ1n) is 7.19. The first kappa shape index (κ1) is 14.5. The number of nitrogens with zero attached hydrogens (tertiary/aromatic N) is 1. The van der Waals surface area contributed by atoms with E-state index in [-0.39, 0.29) is 5.91 Å². The molecular formula is C15H24N2OS. The zero-order chi connectivity index (χ0) is 13.8. The van der Waals surface area contributed by atoms with Crippen LogP contribution in [0.15, 0.2) is 5.38 Å². The van der Waals surface area contributed by atoms with Gasteiger partial charge in [0, 0.05) is 29.4 Å². The van der Waals surface area contributed by atoms with E-state index in [1.165, 1.54) is 17.8 Å². The number of hydrogen-bond donors (Lipinski definition) is 1. The Morgan fingerprint density at radius 3 is 2.63 bits per heavy atom. The molecule has 0 atom stereocenters. The fourth-order valence-electron chi connectivity index (χ4n) is 2.62. The number of carbonyl (C=O) groups excluding carboxylic acids is 1. The van der Waals surface area contributed by atoms with Crippen LogP contribution in [0.1, 0.15) is 47.0 Å². The third-order valence-electron chi connectivity index (χ3n) is 3.99. The van der Waals surface area contributed by atoms with Gasteiger partial charge in [0.15, 0.2) is 0 Å². The maximum Gasteiger partial charge on any atom is 0.252 e. The molecule has 0 aromatic carbocycles. The van der Waals surface area contributed by atoms with Gasteiger partial charge in [-0.2, -0.15) is 0 Å². The Labute approximate surface area is 120 Å². The number of carbonyl (C=O) groups is 1. The summed E-state index contributed by atoms with van der Waals surface area (Å²) in [6.45, 7) is 9.73. The third-order valence-corrected chi connectivity index (χ3v) is 5.01. The molecule has 1 amide bonds. The molecule has 0 saturated carbocycles. The van der Waals surface area contributed by atoms with E-state index in [2.05, 4.69) is 24.1 Å². The molecular weight excluding hydrogens is 256 g/mol. The lowest BCUT2D eigenvalue weighted by Crippen LogP contribution is -2.44.